The minimum Gasteiger partial charge on any atom is -0.372 e. The molecule has 1 N–H and O–H groups in total. The van der Waals surface area contributed by atoms with Crippen molar-refractivity contribution < 1.29 is 9.53 Å². The van der Waals surface area contributed by atoms with Gasteiger partial charge in [-0.3, -0.25) is 4.79 Å². The van der Waals surface area contributed by atoms with E-state index < -0.39 is 0 Å². The number of morpholine rings is 1. The van der Waals surface area contributed by atoms with Gasteiger partial charge in [0.2, 0.25) is 11.1 Å². The van der Waals surface area contributed by atoms with Gasteiger partial charge >= 0.3 is 0 Å². The zero-order valence-corrected chi connectivity index (χ0v) is 19.4. The van der Waals surface area contributed by atoms with Crippen molar-refractivity contribution in [2.24, 2.45) is 0 Å². The molecule has 31 heavy (non-hydrogen) atoms. The number of carbonyl (C=O) groups excluding carboxylic acids is 1. The number of rotatable bonds is 5. The summed E-state index contributed by atoms with van der Waals surface area (Å²) in [7, 11) is 0. The van der Waals surface area contributed by atoms with E-state index in [-0.39, 0.29) is 24.5 Å². The highest BCUT2D eigenvalue weighted by molar-refractivity contribution is 7.98. The minimum absolute atomic E-state index is 0.0843. The van der Waals surface area contributed by atoms with E-state index in [1.54, 1.807) is 4.52 Å². The molecule has 1 saturated heterocycles. The third kappa shape index (κ3) is 4.67. The van der Waals surface area contributed by atoms with Crippen LogP contribution in [0.5, 0.6) is 0 Å². The summed E-state index contributed by atoms with van der Waals surface area (Å²) in [6, 6.07) is 7.98. The van der Waals surface area contributed by atoms with Crippen molar-refractivity contribution in [3.8, 4) is 0 Å². The smallest absolute Gasteiger partial charge is 0.253 e. The predicted octanol–water partition coefficient (Wildman–Crippen LogP) is 3.26. The number of ether oxygens (including phenoxy) is 1. The number of nitrogens with zero attached hydrogens (tertiary/aromatic N) is 5. The maximum absolute atomic E-state index is 12.7. The summed E-state index contributed by atoms with van der Waals surface area (Å²) in [4.78, 5) is 24.0. The number of aromatic nitrogens is 4. The first-order valence-corrected chi connectivity index (χ1v) is 11.6. The highest BCUT2D eigenvalue weighted by Gasteiger charge is 2.22. The van der Waals surface area contributed by atoms with Crippen molar-refractivity contribution >= 4 is 34.8 Å². The molecule has 3 heterocycles. The quantitative estimate of drug-likeness (QED) is 0.610. The molecule has 1 amide bonds. The standard InChI is InChI=1S/C22H28N6O2S/c1-13-11-27(12-14(2)30-13)18-8-6-17(7-9-18)24-20(29)10-19-15(3)23-21-25-22(31-5)26-28(21)16(19)4/h6-9,13-14H,10-12H2,1-5H3,(H,24,29). The molecule has 164 valence electrons. The summed E-state index contributed by atoms with van der Waals surface area (Å²) in [6.45, 7) is 9.77. The maximum atomic E-state index is 12.7. The van der Waals surface area contributed by atoms with Gasteiger partial charge in [0.25, 0.3) is 5.78 Å². The Labute approximate surface area is 186 Å². The van der Waals surface area contributed by atoms with Crippen LogP contribution in [0.3, 0.4) is 0 Å². The van der Waals surface area contributed by atoms with Gasteiger partial charge in [-0.2, -0.15) is 4.98 Å². The number of benzene rings is 1. The second kappa shape index (κ2) is 8.84. The summed E-state index contributed by atoms with van der Waals surface area (Å²) in [6.07, 6.45) is 2.57. The highest BCUT2D eigenvalue weighted by Crippen LogP contribution is 2.23. The molecule has 0 radical (unpaired) electrons. The Morgan fingerprint density at radius 2 is 1.84 bits per heavy atom. The number of fused-ring (bicyclic) bond motifs is 1. The SMILES string of the molecule is CSc1nc2nc(C)c(CC(=O)Nc3ccc(N4CC(C)OC(C)C4)cc3)c(C)n2n1. The van der Waals surface area contributed by atoms with E-state index in [0.717, 1.165) is 41.4 Å². The number of thioether (sulfide) groups is 1. The Balaban J connectivity index is 1.45. The van der Waals surface area contributed by atoms with Crippen molar-refractivity contribution in [3.63, 3.8) is 0 Å². The van der Waals surface area contributed by atoms with Crippen molar-refractivity contribution in [1.82, 2.24) is 19.6 Å². The second-order valence-electron chi connectivity index (χ2n) is 8.01. The Morgan fingerprint density at radius 1 is 1.16 bits per heavy atom. The normalized spacial score (nSPS) is 19.1. The average Bonchev–Trinajstić information content (AvgIpc) is 3.14. The van der Waals surface area contributed by atoms with Crippen molar-refractivity contribution in [1.29, 1.82) is 0 Å². The number of nitrogens with one attached hydrogen (secondary N) is 1. The van der Waals surface area contributed by atoms with Crippen LogP contribution in [0.15, 0.2) is 29.4 Å². The predicted molar refractivity (Wildman–Crippen MR) is 123 cm³/mol. The Morgan fingerprint density at radius 3 is 2.48 bits per heavy atom. The Kier molecular flexibility index (Phi) is 6.15. The largest absolute Gasteiger partial charge is 0.372 e. The highest BCUT2D eigenvalue weighted by atomic mass is 32.2. The lowest BCUT2D eigenvalue weighted by molar-refractivity contribution is -0.115. The van der Waals surface area contributed by atoms with Crippen LogP contribution >= 0.6 is 11.8 Å². The van der Waals surface area contributed by atoms with Gasteiger partial charge in [-0.05, 0) is 58.2 Å². The number of hydrogen-bond donors (Lipinski definition) is 1. The molecule has 1 aromatic carbocycles. The van der Waals surface area contributed by atoms with Gasteiger partial charge in [-0.15, -0.1) is 5.10 Å². The second-order valence-corrected chi connectivity index (χ2v) is 8.78. The summed E-state index contributed by atoms with van der Waals surface area (Å²) in [5.41, 5.74) is 4.47. The van der Waals surface area contributed by atoms with Crippen LogP contribution in [-0.4, -0.2) is 57.0 Å². The molecule has 2 unspecified atom stereocenters. The average molecular weight is 441 g/mol. The zero-order chi connectivity index (χ0) is 22.1. The maximum Gasteiger partial charge on any atom is 0.253 e. The van der Waals surface area contributed by atoms with Crippen molar-refractivity contribution in [2.45, 2.75) is 51.5 Å². The first-order valence-electron chi connectivity index (χ1n) is 10.4. The Bertz CT molecular complexity index is 1090. The molecule has 9 heteroatoms. The topological polar surface area (TPSA) is 84.7 Å². The van der Waals surface area contributed by atoms with Crippen LogP contribution in [0.1, 0.15) is 30.8 Å². The number of aryl methyl sites for hydroxylation is 2. The molecule has 0 saturated carbocycles. The monoisotopic (exact) mass is 440 g/mol. The van der Waals surface area contributed by atoms with E-state index in [2.05, 4.69) is 39.1 Å². The number of anilines is 2. The lowest BCUT2D eigenvalue weighted by atomic mass is 10.1. The summed E-state index contributed by atoms with van der Waals surface area (Å²) in [5, 5.41) is 8.11. The lowest BCUT2D eigenvalue weighted by Gasteiger charge is -2.36. The van der Waals surface area contributed by atoms with Crippen LogP contribution in [0, 0.1) is 13.8 Å². The van der Waals surface area contributed by atoms with E-state index in [4.69, 9.17) is 4.74 Å². The fourth-order valence-corrected chi connectivity index (χ4v) is 4.38. The third-order valence-electron chi connectivity index (χ3n) is 5.49. The molecule has 0 aliphatic carbocycles. The van der Waals surface area contributed by atoms with Gasteiger partial charge in [0.05, 0.1) is 18.6 Å². The first kappa shape index (κ1) is 21.6. The fourth-order valence-electron chi connectivity index (χ4n) is 4.04. The van der Waals surface area contributed by atoms with E-state index in [1.165, 1.54) is 11.8 Å². The molecule has 2 aromatic heterocycles. The molecular weight excluding hydrogens is 412 g/mol. The van der Waals surface area contributed by atoms with Gasteiger partial charge < -0.3 is 15.0 Å². The molecule has 3 aromatic rings. The lowest BCUT2D eigenvalue weighted by Crippen LogP contribution is -2.45. The van der Waals surface area contributed by atoms with Crippen molar-refractivity contribution in [3.05, 3.63) is 41.2 Å². The van der Waals surface area contributed by atoms with E-state index in [9.17, 15) is 4.79 Å². The molecule has 1 aliphatic rings. The first-order chi connectivity index (χ1) is 14.8. The molecule has 2 atom stereocenters. The van der Waals surface area contributed by atoms with Crippen molar-refractivity contribution in [2.75, 3.05) is 29.6 Å². The Hall–Kier alpha value is -2.65. The van der Waals surface area contributed by atoms with Gasteiger partial charge in [-0.25, -0.2) is 9.50 Å². The zero-order valence-electron chi connectivity index (χ0n) is 18.5. The number of amides is 1. The van der Waals surface area contributed by atoms with Crippen LogP contribution < -0.4 is 10.2 Å². The van der Waals surface area contributed by atoms with Gasteiger partial charge in [-0.1, -0.05) is 11.8 Å². The molecule has 0 bridgehead atoms. The summed E-state index contributed by atoms with van der Waals surface area (Å²) in [5.74, 6) is 0.477. The fraction of sp³-hybridized carbons (Fsp3) is 0.455. The van der Waals surface area contributed by atoms with Crippen LogP contribution in [0.25, 0.3) is 5.78 Å². The van der Waals surface area contributed by atoms with Crippen LogP contribution in [0.4, 0.5) is 11.4 Å². The molecular formula is C22H28N6O2S. The van der Waals surface area contributed by atoms with E-state index in [0.29, 0.717) is 10.9 Å². The summed E-state index contributed by atoms with van der Waals surface area (Å²) < 4.78 is 7.52. The van der Waals surface area contributed by atoms with Crippen LogP contribution in [-0.2, 0) is 16.0 Å². The van der Waals surface area contributed by atoms with E-state index in [1.807, 2.05) is 44.4 Å². The molecule has 1 fully saturated rings. The van der Waals surface area contributed by atoms with Crippen LogP contribution in [0.2, 0.25) is 0 Å². The van der Waals surface area contributed by atoms with Gasteiger partial charge in [0.15, 0.2) is 0 Å². The third-order valence-corrected chi connectivity index (χ3v) is 6.02. The van der Waals surface area contributed by atoms with Gasteiger partial charge in [0, 0.05) is 41.4 Å². The molecule has 4 rings (SSSR count). The number of carbonyl (C=O) groups is 1. The minimum atomic E-state index is -0.0843. The number of hydrogen-bond acceptors (Lipinski definition) is 7. The molecule has 0 spiro atoms. The molecule has 8 nitrogen and oxygen atoms in total. The summed E-state index contributed by atoms with van der Waals surface area (Å²) >= 11 is 1.47. The van der Waals surface area contributed by atoms with Gasteiger partial charge in [0.1, 0.15) is 0 Å². The van der Waals surface area contributed by atoms with E-state index >= 15 is 0 Å². The molecule has 1 aliphatic heterocycles.